The second-order valence-electron chi connectivity index (χ2n) is 5.80. The van der Waals surface area contributed by atoms with E-state index in [1.807, 2.05) is 11.8 Å². The zero-order valence-corrected chi connectivity index (χ0v) is 12.0. The van der Waals surface area contributed by atoms with Crippen LogP contribution in [0.2, 0.25) is 0 Å². The number of hydrogen-bond acceptors (Lipinski definition) is 5. The van der Waals surface area contributed by atoms with E-state index in [0.29, 0.717) is 36.5 Å². The maximum atomic E-state index is 11.2. The number of carboxylic acids is 1. The Labute approximate surface area is 125 Å². The third-order valence-electron chi connectivity index (χ3n) is 3.97. The summed E-state index contributed by atoms with van der Waals surface area (Å²) in [5, 5.41) is 20.0. The van der Waals surface area contributed by atoms with Crippen LogP contribution in [0.1, 0.15) is 13.3 Å². The minimum absolute atomic E-state index is 0.00174. The van der Waals surface area contributed by atoms with E-state index in [2.05, 4.69) is 9.97 Å². The summed E-state index contributed by atoms with van der Waals surface area (Å²) in [6.07, 6.45) is 0.650. The van der Waals surface area contributed by atoms with Crippen LogP contribution in [0.25, 0.3) is 11.0 Å². The lowest BCUT2D eigenvalue weighted by atomic mass is 9.91. The van der Waals surface area contributed by atoms with E-state index in [9.17, 15) is 20.0 Å². The Morgan fingerprint density at radius 2 is 2.27 bits per heavy atom. The third kappa shape index (κ3) is 2.59. The van der Waals surface area contributed by atoms with E-state index in [1.165, 1.54) is 12.1 Å². The molecule has 1 fully saturated rings. The van der Waals surface area contributed by atoms with Crippen molar-refractivity contribution in [3.8, 4) is 0 Å². The lowest BCUT2D eigenvalue weighted by molar-refractivity contribution is -0.384. The minimum Gasteiger partial charge on any atom is -0.481 e. The topological polar surface area (TPSA) is 112 Å². The van der Waals surface area contributed by atoms with Crippen molar-refractivity contribution in [3.05, 3.63) is 28.3 Å². The number of aliphatic carboxylic acids is 1. The first-order chi connectivity index (χ1) is 10.4. The van der Waals surface area contributed by atoms with Gasteiger partial charge in [-0.1, -0.05) is 6.92 Å². The number of benzene rings is 1. The van der Waals surface area contributed by atoms with Crippen molar-refractivity contribution >= 4 is 28.6 Å². The number of H-pyrrole nitrogens is 1. The third-order valence-corrected chi connectivity index (χ3v) is 3.97. The lowest BCUT2D eigenvalue weighted by Crippen LogP contribution is -2.43. The second-order valence-corrected chi connectivity index (χ2v) is 5.80. The number of aromatic nitrogens is 2. The quantitative estimate of drug-likeness (QED) is 0.662. The predicted molar refractivity (Wildman–Crippen MR) is 79.9 cm³/mol. The van der Waals surface area contributed by atoms with Gasteiger partial charge in [0.05, 0.1) is 21.9 Å². The fraction of sp³-hybridized carbons (Fsp3) is 0.429. The molecule has 3 rings (SSSR count). The average Bonchev–Trinajstić information content (AvgIpc) is 2.89. The van der Waals surface area contributed by atoms with Gasteiger partial charge < -0.3 is 15.0 Å². The molecule has 0 spiro atoms. The highest BCUT2D eigenvalue weighted by molar-refractivity contribution is 5.80. The molecular weight excluding hydrogens is 288 g/mol. The van der Waals surface area contributed by atoms with E-state index in [4.69, 9.17) is 0 Å². The molecular formula is C14H16N4O4. The van der Waals surface area contributed by atoms with Crippen molar-refractivity contribution < 1.29 is 14.8 Å². The van der Waals surface area contributed by atoms with Gasteiger partial charge in [-0.15, -0.1) is 0 Å². The molecule has 0 amide bonds. The van der Waals surface area contributed by atoms with Gasteiger partial charge in [0.1, 0.15) is 0 Å². The summed E-state index contributed by atoms with van der Waals surface area (Å²) in [5.74, 6) is -0.416. The van der Waals surface area contributed by atoms with E-state index in [0.717, 1.165) is 0 Å². The number of nitrogens with zero attached hydrogens (tertiary/aromatic N) is 3. The van der Waals surface area contributed by atoms with Crippen LogP contribution in [0.5, 0.6) is 0 Å². The van der Waals surface area contributed by atoms with Crippen molar-refractivity contribution in [2.24, 2.45) is 11.8 Å². The van der Waals surface area contributed by atoms with E-state index >= 15 is 0 Å². The number of nitro benzene ring substituents is 1. The van der Waals surface area contributed by atoms with Crippen LogP contribution < -0.4 is 4.90 Å². The fourth-order valence-corrected chi connectivity index (χ4v) is 2.95. The summed E-state index contributed by atoms with van der Waals surface area (Å²) in [4.78, 5) is 31.0. The van der Waals surface area contributed by atoms with Crippen molar-refractivity contribution in [2.75, 3.05) is 18.0 Å². The maximum Gasteiger partial charge on any atom is 0.308 e. The number of fused-ring (bicyclic) bond motifs is 1. The molecule has 1 aliphatic rings. The maximum absolute atomic E-state index is 11.2. The monoisotopic (exact) mass is 304 g/mol. The Morgan fingerprint density at radius 1 is 1.50 bits per heavy atom. The highest BCUT2D eigenvalue weighted by Gasteiger charge is 2.30. The first-order valence-corrected chi connectivity index (χ1v) is 7.06. The number of hydrogen-bond donors (Lipinski definition) is 2. The van der Waals surface area contributed by atoms with Gasteiger partial charge in [-0.2, -0.15) is 0 Å². The number of piperidine rings is 1. The van der Waals surface area contributed by atoms with Crippen LogP contribution in [-0.4, -0.2) is 39.1 Å². The molecule has 1 saturated heterocycles. The van der Waals surface area contributed by atoms with Crippen molar-refractivity contribution in [2.45, 2.75) is 13.3 Å². The molecule has 1 aromatic heterocycles. The van der Waals surface area contributed by atoms with Gasteiger partial charge in [0, 0.05) is 25.2 Å². The lowest BCUT2D eigenvalue weighted by Gasteiger charge is -2.34. The molecule has 0 radical (unpaired) electrons. The van der Waals surface area contributed by atoms with Gasteiger partial charge in [0.15, 0.2) is 0 Å². The first kappa shape index (κ1) is 14.3. The molecule has 8 nitrogen and oxygen atoms in total. The SMILES string of the molecule is CC1CC(C(=O)O)CN(c2nc3ccc([N+](=O)[O-])cc3[nH]2)C1. The number of nitro groups is 1. The molecule has 1 aliphatic heterocycles. The van der Waals surface area contributed by atoms with Gasteiger partial charge in [-0.3, -0.25) is 14.9 Å². The molecule has 0 bridgehead atoms. The number of rotatable bonds is 3. The summed E-state index contributed by atoms with van der Waals surface area (Å²) < 4.78 is 0. The summed E-state index contributed by atoms with van der Waals surface area (Å²) in [6, 6.07) is 4.44. The molecule has 22 heavy (non-hydrogen) atoms. The number of nitrogens with one attached hydrogen (secondary N) is 1. The van der Waals surface area contributed by atoms with Gasteiger partial charge in [-0.25, -0.2) is 4.98 Å². The molecule has 2 N–H and O–H groups in total. The number of carboxylic acid groups (broad SMARTS) is 1. The molecule has 0 saturated carbocycles. The summed E-state index contributed by atoms with van der Waals surface area (Å²) >= 11 is 0. The van der Waals surface area contributed by atoms with Gasteiger partial charge >= 0.3 is 5.97 Å². The van der Waals surface area contributed by atoms with Crippen molar-refractivity contribution in [3.63, 3.8) is 0 Å². The van der Waals surface area contributed by atoms with Crippen molar-refractivity contribution in [1.29, 1.82) is 0 Å². The number of aromatic amines is 1. The largest absolute Gasteiger partial charge is 0.481 e. The average molecular weight is 304 g/mol. The highest BCUT2D eigenvalue weighted by Crippen LogP contribution is 2.27. The molecule has 8 heteroatoms. The number of imidazole rings is 1. The first-order valence-electron chi connectivity index (χ1n) is 7.06. The Bertz CT molecular complexity index is 742. The van der Waals surface area contributed by atoms with Crippen LogP contribution in [0.15, 0.2) is 18.2 Å². The number of anilines is 1. The zero-order valence-electron chi connectivity index (χ0n) is 12.0. The Hall–Kier alpha value is -2.64. The van der Waals surface area contributed by atoms with Crippen LogP contribution in [0.4, 0.5) is 11.6 Å². The number of non-ortho nitro benzene ring substituents is 1. The van der Waals surface area contributed by atoms with Crippen LogP contribution in [-0.2, 0) is 4.79 Å². The molecule has 0 aliphatic carbocycles. The molecule has 2 atom stereocenters. The van der Waals surface area contributed by atoms with Crippen LogP contribution in [0.3, 0.4) is 0 Å². The Morgan fingerprint density at radius 3 is 2.95 bits per heavy atom. The van der Waals surface area contributed by atoms with E-state index in [-0.39, 0.29) is 11.6 Å². The van der Waals surface area contributed by atoms with Gasteiger partial charge in [0.2, 0.25) is 5.95 Å². The normalized spacial score (nSPS) is 22.0. The Balaban J connectivity index is 1.92. The molecule has 2 unspecified atom stereocenters. The van der Waals surface area contributed by atoms with Gasteiger partial charge in [-0.05, 0) is 18.4 Å². The minimum atomic E-state index is -0.803. The van der Waals surface area contributed by atoms with Crippen LogP contribution >= 0.6 is 0 Å². The number of carbonyl (C=O) groups is 1. The van der Waals surface area contributed by atoms with Crippen LogP contribution in [0, 0.1) is 22.0 Å². The zero-order chi connectivity index (χ0) is 15.9. The standard InChI is InChI=1S/C14H16N4O4/c1-8-4-9(13(19)20)7-17(6-8)14-15-11-3-2-10(18(21)22)5-12(11)16-14/h2-3,5,8-9H,4,6-7H2,1H3,(H,15,16)(H,19,20). The molecule has 116 valence electrons. The van der Waals surface area contributed by atoms with Gasteiger partial charge in [0.25, 0.3) is 5.69 Å². The summed E-state index contributed by atoms with van der Waals surface area (Å²) in [5.41, 5.74) is 1.21. The predicted octanol–water partition coefficient (Wildman–Crippen LogP) is 2.02. The fourth-order valence-electron chi connectivity index (χ4n) is 2.95. The highest BCUT2D eigenvalue weighted by atomic mass is 16.6. The Kier molecular flexibility index (Phi) is 3.44. The summed E-state index contributed by atoms with van der Waals surface area (Å²) in [7, 11) is 0. The molecule has 1 aromatic carbocycles. The van der Waals surface area contributed by atoms with Crippen molar-refractivity contribution in [1.82, 2.24) is 9.97 Å². The smallest absolute Gasteiger partial charge is 0.308 e. The molecule has 2 aromatic rings. The van der Waals surface area contributed by atoms with E-state index in [1.54, 1.807) is 6.07 Å². The second kappa shape index (κ2) is 5.28. The summed E-state index contributed by atoms with van der Waals surface area (Å²) in [6.45, 7) is 3.11. The van der Waals surface area contributed by atoms with E-state index < -0.39 is 16.8 Å². The molecule has 2 heterocycles.